The molecule has 0 aromatic carbocycles. The van der Waals surface area contributed by atoms with Gasteiger partial charge in [-0.15, -0.1) is 6.58 Å². The average Bonchev–Trinajstić information content (AvgIpc) is 2.52. The fraction of sp³-hybridized carbons (Fsp3) is 0.667. The minimum atomic E-state index is 0.0150. The van der Waals surface area contributed by atoms with Crippen LogP contribution in [0.25, 0.3) is 0 Å². The Balaban J connectivity index is 2.33. The molecular weight excluding hydrogens is 218 g/mol. The highest BCUT2D eigenvalue weighted by Gasteiger charge is 2.17. The van der Waals surface area contributed by atoms with E-state index in [1.54, 1.807) is 13.0 Å². The van der Waals surface area contributed by atoms with Gasteiger partial charge in [-0.2, -0.15) is 0 Å². The van der Waals surface area contributed by atoms with Crippen LogP contribution >= 0.6 is 0 Å². The molecule has 0 spiro atoms. The van der Waals surface area contributed by atoms with E-state index < -0.39 is 0 Å². The first-order valence-electron chi connectivity index (χ1n) is 5.99. The molecule has 96 valence electrons. The fourth-order valence-electron chi connectivity index (χ4n) is 1.89. The Morgan fingerprint density at radius 1 is 1.29 bits per heavy atom. The van der Waals surface area contributed by atoms with E-state index in [1.165, 1.54) is 0 Å². The minimum Gasteiger partial charge on any atom is -0.352 e. The van der Waals surface area contributed by atoms with Gasteiger partial charge in [0, 0.05) is 39.6 Å². The predicted molar refractivity (Wildman–Crippen MR) is 66.5 cm³/mol. The molecule has 0 aromatic rings. The summed E-state index contributed by atoms with van der Waals surface area (Å²) in [5.74, 6) is 0.129. The van der Waals surface area contributed by atoms with Crippen molar-refractivity contribution in [2.45, 2.75) is 13.3 Å². The lowest BCUT2D eigenvalue weighted by Gasteiger charge is -2.20. The van der Waals surface area contributed by atoms with Crippen molar-refractivity contribution in [3.05, 3.63) is 12.7 Å². The molecule has 0 aliphatic carbocycles. The van der Waals surface area contributed by atoms with Gasteiger partial charge in [0.05, 0.1) is 6.54 Å². The Hall–Kier alpha value is -1.36. The summed E-state index contributed by atoms with van der Waals surface area (Å²) in [6, 6.07) is 0. The molecule has 0 saturated carbocycles. The molecule has 0 radical (unpaired) electrons. The summed E-state index contributed by atoms with van der Waals surface area (Å²) in [5.41, 5.74) is 0. The zero-order chi connectivity index (χ0) is 12.7. The van der Waals surface area contributed by atoms with E-state index in [1.807, 2.05) is 4.90 Å². The summed E-state index contributed by atoms with van der Waals surface area (Å²) in [6.07, 6.45) is 2.59. The summed E-state index contributed by atoms with van der Waals surface area (Å²) >= 11 is 0. The Morgan fingerprint density at radius 2 is 2.06 bits per heavy atom. The van der Waals surface area contributed by atoms with Gasteiger partial charge in [0.2, 0.25) is 11.8 Å². The number of amides is 2. The van der Waals surface area contributed by atoms with Crippen molar-refractivity contribution in [2.24, 2.45) is 0 Å². The molecular formula is C12H21N3O2. The third-order valence-corrected chi connectivity index (χ3v) is 2.84. The van der Waals surface area contributed by atoms with E-state index in [-0.39, 0.29) is 11.8 Å². The second-order valence-electron chi connectivity index (χ2n) is 4.23. The van der Waals surface area contributed by atoms with Crippen LogP contribution in [-0.2, 0) is 9.59 Å². The zero-order valence-electron chi connectivity index (χ0n) is 10.4. The summed E-state index contributed by atoms with van der Waals surface area (Å²) in [7, 11) is 0. The summed E-state index contributed by atoms with van der Waals surface area (Å²) in [4.78, 5) is 26.7. The lowest BCUT2D eigenvalue weighted by molar-refractivity contribution is -0.128. The second kappa shape index (κ2) is 7.06. The van der Waals surface area contributed by atoms with Crippen molar-refractivity contribution in [3.8, 4) is 0 Å². The minimum absolute atomic E-state index is 0.0150. The van der Waals surface area contributed by atoms with Crippen LogP contribution in [0.1, 0.15) is 13.3 Å². The highest BCUT2D eigenvalue weighted by atomic mass is 16.2. The summed E-state index contributed by atoms with van der Waals surface area (Å²) in [5, 5.41) is 2.75. The van der Waals surface area contributed by atoms with E-state index >= 15 is 0 Å². The summed E-state index contributed by atoms with van der Waals surface area (Å²) in [6.45, 7) is 9.19. The molecule has 0 bridgehead atoms. The number of carbonyl (C=O) groups excluding carboxylic acids is 2. The first-order valence-corrected chi connectivity index (χ1v) is 5.99. The van der Waals surface area contributed by atoms with Gasteiger partial charge in [-0.3, -0.25) is 14.5 Å². The molecule has 5 heteroatoms. The van der Waals surface area contributed by atoms with Crippen molar-refractivity contribution >= 4 is 11.8 Å². The van der Waals surface area contributed by atoms with Crippen LogP contribution in [0.2, 0.25) is 0 Å². The molecule has 1 aliphatic heterocycles. The Bertz CT molecular complexity index is 291. The third-order valence-electron chi connectivity index (χ3n) is 2.84. The van der Waals surface area contributed by atoms with E-state index in [9.17, 15) is 9.59 Å². The fourth-order valence-corrected chi connectivity index (χ4v) is 1.89. The molecule has 1 saturated heterocycles. The monoisotopic (exact) mass is 239 g/mol. The van der Waals surface area contributed by atoms with Gasteiger partial charge >= 0.3 is 0 Å². The smallest absolute Gasteiger partial charge is 0.234 e. The molecule has 1 rings (SSSR count). The van der Waals surface area contributed by atoms with E-state index in [0.29, 0.717) is 19.6 Å². The molecule has 1 aliphatic rings. The second-order valence-corrected chi connectivity index (χ2v) is 4.23. The van der Waals surface area contributed by atoms with Crippen LogP contribution in [-0.4, -0.2) is 60.9 Å². The Kier molecular flexibility index (Phi) is 5.69. The van der Waals surface area contributed by atoms with Crippen molar-refractivity contribution < 1.29 is 9.59 Å². The van der Waals surface area contributed by atoms with Crippen LogP contribution in [0.4, 0.5) is 0 Å². The highest BCUT2D eigenvalue weighted by molar-refractivity contribution is 5.78. The predicted octanol–water partition coefficient (Wildman–Crippen LogP) is -0.157. The van der Waals surface area contributed by atoms with Crippen LogP contribution in [0.5, 0.6) is 0 Å². The number of rotatable bonds is 4. The topological polar surface area (TPSA) is 52.7 Å². The van der Waals surface area contributed by atoms with Crippen molar-refractivity contribution in [1.82, 2.24) is 15.1 Å². The molecule has 1 fully saturated rings. The number of nitrogens with one attached hydrogen (secondary N) is 1. The Morgan fingerprint density at radius 3 is 2.71 bits per heavy atom. The number of hydrogen-bond acceptors (Lipinski definition) is 3. The van der Waals surface area contributed by atoms with E-state index in [4.69, 9.17) is 0 Å². The molecule has 5 nitrogen and oxygen atoms in total. The van der Waals surface area contributed by atoms with Crippen molar-refractivity contribution in [1.29, 1.82) is 0 Å². The third kappa shape index (κ3) is 4.99. The van der Waals surface area contributed by atoms with Gasteiger partial charge < -0.3 is 10.2 Å². The summed E-state index contributed by atoms with van der Waals surface area (Å²) < 4.78 is 0. The molecule has 2 amide bonds. The maximum atomic E-state index is 11.5. The van der Waals surface area contributed by atoms with Gasteiger partial charge in [0.15, 0.2) is 0 Å². The van der Waals surface area contributed by atoms with Crippen LogP contribution in [0, 0.1) is 0 Å². The van der Waals surface area contributed by atoms with Crippen LogP contribution < -0.4 is 5.32 Å². The van der Waals surface area contributed by atoms with Crippen molar-refractivity contribution in [3.63, 3.8) is 0 Å². The number of carbonyl (C=O) groups is 2. The molecule has 1 N–H and O–H groups in total. The maximum Gasteiger partial charge on any atom is 0.234 e. The average molecular weight is 239 g/mol. The molecule has 17 heavy (non-hydrogen) atoms. The lowest BCUT2D eigenvalue weighted by Crippen LogP contribution is -2.39. The van der Waals surface area contributed by atoms with Gasteiger partial charge in [0.25, 0.3) is 0 Å². The first kappa shape index (κ1) is 13.7. The lowest BCUT2D eigenvalue weighted by atomic mass is 10.3. The van der Waals surface area contributed by atoms with Gasteiger partial charge in [-0.1, -0.05) is 6.08 Å². The molecule has 0 atom stereocenters. The highest BCUT2D eigenvalue weighted by Crippen LogP contribution is 2.02. The Labute approximate surface area is 102 Å². The number of hydrogen-bond donors (Lipinski definition) is 1. The maximum absolute atomic E-state index is 11.5. The largest absolute Gasteiger partial charge is 0.352 e. The van der Waals surface area contributed by atoms with Gasteiger partial charge in [-0.05, 0) is 6.42 Å². The van der Waals surface area contributed by atoms with E-state index in [0.717, 1.165) is 26.1 Å². The van der Waals surface area contributed by atoms with Gasteiger partial charge in [0.1, 0.15) is 0 Å². The van der Waals surface area contributed by atoms with Crippen LogP contribution in [0.3, 0.4) is 0 Å². The standard InChI is InChI=1S/C12H21N3O2/c1-3-5-13-12(17)10-14-6-4-7-15(9-8-14)11(2)16/h3H,1,4-10H2,2H3,(H,13,17). The molecule has 0 unspecified atom stereocenters. The normalized spacial score (nSPS) is 17.4. The zero-order valence-corrected chi connectivity index (χ0v) is 10.4. The van der Waals surface area contributed by atoms with Crippen molar-refractivity contribution in [2.75, 3.05) is 39.3 Å². The first-order chi connectivity index (χ1) is 8.13. The SMILES string of the molecule is C=CCNC(=O)CN1CCCN(C(C)=O)CC1. The molecule has 1 heterocycles. The van der Waals surface area contributed by atoms with E-state index in [2.05, 4.69) is 16.8 Å². The van der Waals surface area contributed by atoms with Crippen LogP contribution in [0.15, 0.2) is 12.7 Å². The number of nitrogens with zero attached hydrogens (tertiary/aromatic N) is 2. The van der Waals surface area contributed by atoms with Gasteiger partial charge in [-0.25, -0.2) is 0 Å². The quantitative estimate of drug-likeness (QED) is 0.694. The molecule has 0 aromatic heterocycles.